The quantitative estimate of drug-likeness (QED) is 0.817. The van der Waals surface area contributed by atoms with Gasteiger partial charge in [-0.15, -0.1) is 0 Å². The van der Waals surface area contributed by atoms with Gasteiger partial charge in [-0.2, -0.15) is 0 Å². The van der Waals surface area contributed by atoms with Crippen LogP contribution in [-0.2, 0) is 16.4 Å². The minimum absolute atomic E-state index is 0.150. The summed E-state index contributed by atoms with van der Waals surface area (Å²) >= 11 is 0. The SMILES string of the molecule is CNc1ncccc1S(=O)(=O)NC(C)CCc1ccco1. The van der Waals surface area contributed by atoms with E-state index in [2.05, 4.69) is 15.0 Å². The van der Waals surface area contributed by atoms with E-state index in [0.29, 0.717) is 18.7 Å². The fourth-order valence-electron chi connectivity index (χ4n) is 2.00. The number of aryl methyl sites for hydroxylation is 1. The number of nitrogens with zero attached hydrogens (tertiary/aromatic N) is 1. The first-order valence-corrected chi connectivity index (χ1v) is 8.18. The second kappa shape index (κ2) is 6.73. The van der Waals surface area contributed by atoms with Crippen LogP contribution in [0.4, 0.5) is 5.82 Å². The van der Waals surface area contributed by atoms with Gasteiger partial charge in [0.1, 0.15) is 16.5 Å². The molecule has 2 heterocycles. The smallest absolute Gasteiger partial charge is 0.244 e. The molecule has 114 valence electrons. The van der Waals surface area contributed by atoms with E-state index >= 15 is 0 Å². The third kappa shape index (κ3) is 4.05. The summed E-state index contributed by atoms with van der Waals surface area (Å²) in [6.45, 7) is 1.83. The van der Waals surface area contributed by atoms with Crippen molar-refractivity contribution in [2.45, 2.75) is 30.7 Å². The monoisotopic (exact) mass is 309 g/mol. The maximum atomic E-state index is 12.4. The summed E-state index contributed by atoms with van der Waals surface area (Å²) in [6, 6.07) is 6.62. The Balaban J connectivity index is 2.03. The Morgan fingerprint density at radius 2 is 2.14 bits per heavy atom. The number of hydrogen-bond donors (Lipinski definition) is 2. The van der Waals surface area contributed by atoms with Crippen molar-refractivity contribution in [1.29, 1.82) is 0 Å². The highest BCUT2D eigenvalue weighted by Gasteiger charge is 2.21. The first-order valence-electron chi connectivity index (χ1n) is 6.70. The third-order valence-corrected chi connectivity index (χ3v) is 4.68. The molecule has 0 aliphatic heterocycles. The van der Waals surface area contributed by atoms with Crippen molar-refractivity contribution in [1.82, 2.24) is 9.71 Å². The van der Waals surface area contributed by atoms with Crippen LogP contribution in [-0.4, -0.2) is 26.5 Å². The van der Waals surface area contributed by atoms with E-state index < -0.39 is 10.0 Å². The third-order valence-electron chi connectivity index (χ3n) is 3.06. The Bertz CT molecular complexity index is 669. The highest BCUT2D eigenvalue weighted by Crippen LogP contribution is 2.18. The van der Waals surface area contributed by atoms with Crippen LogP contribution in [0.15, 0.2) is 46.0 Å². The summed E-state index contributed by atoms with van der Waals surface area (Å²) in [5, 5.41) is 2.78. The van der Waals surface area contributed by atoms with Crippen LogP contribution in [0.5, 0.6) is 0 Å². The molecule has 0 saturated heterocycles. The molecule has 0 amide bonds. The Kier molecular flexibility index (Phi) is 4.98. The molecule has 2 N–H and O–H groups in total. The molecule has 0 bridgehead atoms. The molecule has 2 aromatic heterocycles. The number of sulfonamides is 1. The Hall–Kier alpha value is -1.86. The zero-order valence-electron chi connectivity index (χ0n) is 12.0. The topological polar surface area (TPSA) is 84.2 Å². The maximum Gasteiger partial charge on any atom is 0.244 e. The summed E-state index contributed by atoms with van der Waals surface area (Å²) in [5.74, 6) is 1.18. The number of pyridine rings is 1. The van der Waals surface area contributed by atoms with Gasteiger partial charge < -0.3 is 9.73 Å². The van der Waals surface area contributed by atoms with Gasteiger partial charge in [0.2, 0.25) is 10.0 Å². The molecule has 0 aliphatic rings. The standard InChI is InChI=1S/C14H19N3O3S/c1-11(7-8-12-5-4-10-20-12)17-21(18,19)13-6-3-9-16-14(13)15-2/h3-6,9-11,17H,7-8H2,1-2H3,(H,15,16). The van der Waals surface area contributed by atoms with E-state index in [-0.39, 0.29) is 10.9 Å². The van der Waals surface area contributed by atoms with Gasteiger partial charge in [-0.05, 0) is 37.6 Å². The lowest BCUT2D eigenvalue weighted by Crippen LogP contribution is -2.33. The lowest BCUT2D eigenvalue weighted by molar-refractivity contribution is 0.480. The van der Waals surface area contributed by atoms with E-state index in [1.54, 1.807) is 25.6 Å². The van der Waals surface area contributed by atoms with E-state index in [9.17, 15) is 8.42 Å². The summed E-state index contributed by atoms with van der Waals surface area (Å²) in [6.07, 6.45) is 4.49. The molecule has 2 aromatic rings. The van der Waals surface area contributed by atoms with Crippen LogP contribution >= 0.6 is 0 Å². The summed E-state index contributed by atoms with van der Waals surface area (Å²) in [7, 11) is -1.96. The van der Waals surface area contributed by atoms with Crippen LogP contribution in [0.3, 0.4) is 0 Å². The van der Waals surface area contributed by atoms with Gasteiger partial charge in [-0.25, -0.2) is 18.1 Å². The number of hydrogen-bond acceptors (Lipinski definition) is 5. The summed E-state index contributed by atoms with van der Waals surface area (Å²) < 4.78 is 32.6. The average Bonchev–Trinajstić information content (AvgIpc) is 2.98. The molecular weight excluding hydrogens is 290 g/mol. The fraction of sp³-hybridized carbons (Fsp3) is 0.357. The molecule has 1 atom stereocenters. The zero-order chi connectivity index (χ0) is 15.3. The van der Waals surface area contributed by atoms with Gasteiger partial charge >= 0.3 is 0 Å². The lowest BCUT2D eigenvalue weighted by atomic mass is 10.2. The predicted molar refractivity (Wildman–Crippen MR) is 80.6 cm³/mol. The fourth-order valence-corrected chi connectivity index (χ4v) is 3.44. The molecule has 0 aliphatic carbocycles. The highest BCUT2D eigenvalue weighted by molar-refractivity contribution is 7.89. The molecule has 21 heavy (non-hydrogen) atoms. The Morgan fingerprint density at radius 1 is 1.33 bits per heavy atom. The van der Waals surface area contributed by atoms with Gasteiger partial charge in [0.05, 0.1) is 6.26 Å². The van der Waals surface area contributed by atoms with Crippen LogP contribution in [0.1, 0.15) is 19.1 Å². The maximum absolute atomic E-state index is 12.4. The van der Waals surface area contributed by atoms with Crippen molar-refractivity contribution >= 4 is 15.8 Å². The molecule has 0 saturated carbocycles. The molecule has 6 nitrogen and oxygen atoms in total. The number of nitrogens with one attached hydrogen (secondary N) is 2. The van der Waals surface area contributed by atoms with E-state index in [0.717, 1.165) is 5.76 Å². The van der Waals surface area contributed by atoms with Crippen molar-refractivity contribution < 1.29 is 12.8 Å². The molecule has 2 rings (SSSR count). The minimum Gasteiger partial charge on any atom is -0.469 e. The first kappa shape index (κ1) is 15.5. The second-order valence-electron chi connectivity index (χ2n) is 4.74. The van der Waals surface area contributed by atoms with Crippen molar-refractivity contribution in [2.75, 3.05) is 12.4 Å². The van der Waals surface area contributed by atoms with Gasteiger partial charge in [0.15, 0.2) is 0 Å². The molecule has 7 heteroatoms. The second-order valence-corrected chi connectivity index (χ2v) is 6.42. The van der Waals surface area contributed by atoms with Crippen LogP contribution in [0.2, 0.25) is 0 Å². The van der Waals surface area contributed by atoms with E-state index in [1.165, 1.54) is 6.07 Å². The molecule has 0 fully saturated rings. The van der Waals surface area contributed by atoms with E-state index in [1.807, 2.05) is 19.1 Å². The van der Waals surface area contributed by atoms with Crippen molar-refractivity contribution in [2.24, 2.45) is 0 Å². The summed E-state index contributed by atoms with van der Waals surface area (Å²) in [4.78, 5) is 4.16. The largest absolute Gasteiger partial charge is 0.469 e. The van der Waals surface area contributed by atoms with Gasteiger partial charge in [0.25, 0.3) is 0 Å². The summed E-state index contributed by atoms with van der Waals surface area (Å²) in [5.41, 5.74) is 0. The number of aromatic nitrogens is 1. The van der Waals surface area contributed by atoms with Crippen LogP contribution < -0.4 is 10.0 Å². The number of rotatable bonds is 7. The van der Waals surface area contributed by atoms with Gasteiger partial charge in [-0.3, -0.25) is 0 Å². The normalized spacial score (nSPS) is 13.0. The minimum atomic E-state index is -3.60. The Morgan fingerprint density at radius 3 is 2.81 bits per heavy atom. The molecular formula is C14H19N3O3S. The van der Waals surface area contributed by atoms with Crippen molar-refractivity contribution in [3.8, 4) is 0 Å². The van der Waals surface area contributed by atoms with Gasteiger partial charge in [0, 0.05) is 25.7 Å². The van der Waals surface area contributed by atoms with Crippen molar-refractivity contribution in [3.05, 3.63) is 42.5 Å². The Labute approximate surface area is 124 Å². The van der Waals surface area contributed by atoms with E-state index in [4.69, 9.17) is 4.42 Å². The van der Waals surface area contributed by atoms with Gasteiger partial charge in [-0.1, -0.05) is 0 Å². The van der Waals surface area contributed by atoms with Crippen molar-refractivity contribution in [3.63, 3.8) is 0 Å². The number of furan rings is 1. The number of anilines is 1. The average molecular weight is 309 g/mol. The van der Waals surface area contributed by atoms with Crippen LogP contribution in [0, 0.1) is 0 Å². The predicted octanol–water partition coefficient (Wildman–Crippen LogP) is 2.02. The molecule has 0 spiro atoms. The molecule has 1 unspecified atom stereocenters. The zero-order valence-corrected chi connectivity index (χ0v) is 12.9. The molecule has 0 radical (unpaired) electrons. The molecule has 0 aromatic carbocycles. The van der Waals surface area contributed by atoms with Crippen LogP contribution in [0.25, 0.3) is 0 Å². The lowest BCUT2D eigenvalue weighted by Gasteiger charge is -2.15. The highest BCUT2D eigenvalue weighted by atomic mass is 32.2. The first-order chi connectivity index (χ1) is 10.0.